The van der Waals surface area contributed by atoms with Gasteiger partial charge in [-0.05, 0) is 6.42 Å². The van der Waals surface area contributed by atoms with Crippen LogP contribution in [0.1, 0.15) is 27.2 Å². The van der Waals surface area contributed by atoms with Crippen molar-refractivity contribution in [3.63, 3.8) is 0 Å². The first kappa shape index (κ1) is 13.9. The molecule has 0 rings (SSSR count). The van der Waals surface area contributed by atoms with Crippen LogP contribution in [0.15, 0.2) is 0 Å². The monoisotopic (exact) mass is 265 g/mol. The van der Waals surface area contributed by atoms with Crippen molar-refractivity contribution >= 4 is 21.8 Å². The Morgan fingerprint density at radius 2 is 2.14 bits per heavy atom. The average molecular weight is 266 g/mol. The minimum atomic E-state index is -0.278. The maximum atomic E-state index is 11.6. The molecule has 1 unspecified atom stereocenters. The van der Waals surface area contributed by atoms with Gasteiger partial charge in [0.2, 0.25) is 5.91 Å². The van der Waals surface area contributed by atoms with Crippen molar-refractivity contribution < 1.29 is 9.53 Å². The maximum Gasteiger partial charge on any atom is 0.225 e. The number of rotatable bonds is 6. The van der Waals surface area contributed by atoms with Crippen molar-refractivity contribution in [2.45, 2.75) is 32.0 Å². The number of ether oxygens (including phenoxy) is 1. The molecule has 0 aromatic rings. The number of carbonyl (C=O) groups excluding carboxylic acids is 1. The number of carbonyl (C=O) groups is 1. The fourth-order valence-electron chi connectivity index (χ4n) is 0.843. The van der Waals surface area contributed by atoms with Crippen LogP contribution in [-0.4, -0.2) is 31.0 Å². The predicted octanol–water partition coefficient (Wildman–Crippen LogP) is 1.95. The number of alkyl halides is 1. The van der Waals surface area contributed by atoms with E-state index in [9.17, 15) is 4.79 Å². The summed E-state index contributed by atoms with van der Waals surface area (Å²) in [4.78, 5) is 11.8. The van der Waals surface area contributed by atoms with Gasteiger partial charge in [-0.15, -0.1) is 0 Å². The number of hydrogen-bond acceptors (Lipinski definition) is 2. The van der Waals surface area contributed by atoms with Crippen molar-refractivity contribution in [2.75, 3.05) is 20.3 Å². The summed E-state index contributed by atoms with van der Waals surface area (Å²) in [6.07, 6.45) is 0.843. The topological polar surface area (TPSA) is 38.3 Å². The van der Waals surface area contributed by atoms with Crippen LogP contribution in [0.3, 0.4) is 0 Å². The summed E-state index contributed by atoms with van der Waals surface area (Å²) in [5, 5.41) is 2.89. The standard InChI is InChI=1S/C10H20BrNO2/c1-5-10(2,3)9(13)12-6-8(11)7-14-4/h8H,5-7H2,1-4H3,(H,12,13). The smallest absolute Gasteiger partial charge is 0.225 e. The molecule has 14 heavy (non-hydrogen) atoms. The predicted molar refractivity (Wildman–Crippen MR) is 61.7 cm³/mol. The van der Waals surface area contributed by atoms with Gasteiger partial charge in [0, 0.05) is 19.1 Å². The van der Waals surface area contributed by atoms with Crippen LogP contribution in [-0.2, 0) is 9.53 Å². The summed E-state index contributed by atoms with van der Waals surface area (Å²) in [6, 6.07) is 0. The molecule has 3 nitrogen and oxygen atoms in total. The van der Waals surface area contributed by atoms with E-state index in [-0.39, 0.29) is 16.1 Å². The highest BCUT2D eigenvalue weighted by Gasteiger charge is 2.25. The summed E-state index contributed by atoms with van der Waals surface area (Å²) >= 11 is 3.42. The number of nitrogens with one attached hydrogen (secondary N) is 1. The second-order valence-corrected chi connectivity index (χ2v) is 5.30. The maximum absolute atomic E-state index is 11.6. The summed E-state index contributed by atoms with van der Waals surface area (Å²) in [5.41, 5.74) is -0.278. The van der Waals surface area contributed by atoms with E-state index in [1.165, 1.54) is 0 Å². The van der Waals surface area contributed by atoms with Gasteiger partial charge in [-0.3, -0.25) is 4.79 Å². The van der Waals surface area contributed by atoms with Crippen LogP contribution in [0.5, 0.6) is 0 Å². The minimum Gasteiger partial charge on any atom is -0.383 e. The lowest BCUT2D eigenvalue weighted by Gasteiger charge is -2.22. The fourth-order valence-corrected chi connectivity index (χ4v) is 1.27. The molecular formula is C10H20BrNO2. The molecule has 0 radical (unpaired) electrons. The first-order chi connectivity index (χ1) is 6.44. The Labute approximate surface area is 94.7 Å². The van der Waals surface area contributed by atoms with Gasteiger partial charge in [-0.1, -0.05) is 36.7 Å². The molecule has 0 aliphatic rings. The van der Waals surface area contributed by atoms with Gasteiger partial charge in [-0.2, -0.15) is 0 Å². The Morgan fingerprint density at radius 1 is 1.57 bits per heavy atom. The van der Waals surface area contributed by atoms with E-state index in [4.69, 9.17) is 4.74 Å². The van der Waals surface area contributed by atoms with Crippen LogP contribution < -0.4 is 5.32 Å². The van der Waals surface area contributed by atoms with Gasteiger partial charge in [0.1, 0.15) is 0 Å². The van der Waals surface area contributed by atoms with E-state index >= 15 is 0 Å². The lowest BCUT2D eigenvalue weighted by Crippen LogP contribution is -2.40. The fraction of sp³-hybridized carbons (Fsp3) is 0.900. The van der Waals surface area contributed by atoms with E-state index in [0.29, 0.717) is 13.2 Å². The molecule has 4 heteroatoms. The molecule has 0 fully saturated rings. The van der Waals surface area contributed by atoms with Crippen molar-refractivity contribution in [3.05, 3.63) is 0 Å². The highest BCUT2D eigenvalue weighted by molar-refractivity contribution is 9.09. The number of hydrogen-bond donors (Lipinski definition) is 1. The van der Waals surface area contributed by atoms with E-state index in [2.05, 4.69) is 21.2 Å². The average Bonchev–Trinajstić information content (AvgIpc) is 2.14. The van der Waals surface area contributed by atoms with Crippen molar-refractivity contribution in [1.29, 1.82) is 0 Å². The molecule has 0 bridgehead atoms. The number of methoxy groups -OCH3 is 1. The lowest BCUT2D eigenvalue weighted by molar-refractivity contribution is -0.129. The molecule has 0 aromatic heterocycles. The third kappa shape index (κ3) is 4.96. The third-order valence-corrected chi connectivity index (χ3v) is 2.92. The quantitative estimate of drug-likeness (QED) is 0.746. The van der Waals surface area contributed by atoms with E-state index in [1.54, 1.807) is 7.11 Å². The van der Waals surface area contributed by atoms with E-state index < -0.39 is 0 Å². The van der Waals surface area contributed by atoms with Crippen LogP contribution in [0.2, 0.25) is 0 Å². The summed E-state index contributed by atoms with van der Waals surface area (Å²) < 4.78 is 4.95. The van der Waals surface area contributed by atoms with Crippen LogP contribution in [0, 0.1) is 5.41 Å². The molecule has 84 valence electrons. The van der Waals surface area contributed by atoms with E-state index in [1.807, 2.05) is 20.8 Å². The Balaban J connectivity index is 3.85. The highest BCUT2D eigenvalue weighted by atomic mass is 79.9. The molecule has 0 saturated carbocycles. The van der Waals surface area contributed by atoms with Gasteiger partial charge in [0.25, 0.3) is 0 Å². The number of halogens is 1. The molecule has 0 heterocycles. The second kappa shape index (κ2) is 6.40. The van der Waals surface area contributed by atoms with Gasteiger partial charge >= 0.3 is 0 Å². The SMILES string of the molecule is CCC(C)(C)C(=O)NCC(Br)COC. The largest absolute Gasteiger partial charge is 0.383 e. The van der Waals surface area contributed by atoms with Gasteiger partial charge < -0.3 is 10.1 Å². The molecule has 1 N–H and O–H groups in total. The first-order valence-corrected chi connectivity index (χ1v) is 5.77. The molecule has 0 aromatic carbocycles. The zero-order valence-electron chi connectivity index (χ0n) is 9.39. The van der Waals surface area contributed by atoms with Crippen LogP contribution in [0.25, 0.3) is 0 Å². The summed E-state index contributed by atoms with van der Waals surface area (Å²) in [5.74, 6) is 0.0977. The van der Waals surface area contributed by atoms with Crippen LogP contribution in [0.4, 0.5) is 0 Å². The third-order valence-electron chi connectivity index (χ3n) is 2.33. The Morgan fingerprint density at radius 3 is 2.57 bits per heavy atom. The van der Waals surface area contributed by atoms with Crippen LogP contribution >= 0.6 is 15.9 Å². The Bertz CT molecular complexity index is 183. The molecular weight excluding hydrogens is 246 g/mol. The van der Waals surface area contributed by atoms with Crippen molar-refractivity contribution in [3.8, 4) is 0 Å². The lowest BCUT2D eigenvalue weighted by atomic mass is 9.89. The second-order valence-electron chi connectivity index (χ2n) is 4.00. The molecule has 1 amide bonds. The molecule has 1 atom stereocenters. The molecule has 0 aliphatic carbocycles. The van der Waals surface area contributed by atoms with Gasteiger partial charge in [0.05, 0.1) is 11.4 Å². The minimum absolute atomic E-state index is 0.0977. The zero-order chi connectivity index (χ0) is 11.2. The van der Waals surface area contributed by atoms with Gasteiger partial charge in [0.15, 0.2) is 0 Å². The Hall–Kier alpha value is -0.0900. The van der Waals surface area contributed by atoms with Gasteiger partial charge in [-0.25, -0.2) is 0 Å². The molecule has 0 aliphatic heterocycles. The summed E-state index contributed by atoms with van der Waals surface area (Å²) in [7, 11) is 1.64. The van der Waals surface area contributed by atoms with E-state index in [0.717, 1.165) is 6.42 Å². The normalized spacial score (nSPS) is 13.8. The first-order valence-electron chi connectivity index (χ1n) is 4.85. The highest BCUT2D eigenvalue weighted by Crippen LogP contribution is 2.19. The Kier molecular flexibility index (Phi) is 6.36. The number of amides is 1. The summed E-state index contributed by atoms with van der Waals surface area (Å²) in [6.45, 7) is 7.12. The zero-order valence-corrected chi connectivity index (χ0v) is 11.0. The molecule has 0 saturated heterocycles. The van der Waals surface area contributed by atoms with Crippen molar-refractivity contribution in [2.24, 2.45) is 5.41 Å². The molecule has 0 spiro atoms. The van der Waals surface area contributed by atoms with Crippen molar-refractivity contribution in [1.82, 2.24) is 5.32 Å².